The molecular formula is C17H18ClN3O3S. The highest BCUT2D eigenvalue weighted by Crippen LogP contribution is 2.18. The first-order chi connectivity index (χ1) is 12.1. The largest absolute Gasteiger partial charge is 0.376 e. The maximum absolute atomic E-state index is 12.1. The third-order valence-corrected chi connectivity index (χ3v) is 4.83. The zero-order valence-electron chi connectivity index (χ0n) is 13.5. The molecule has 1 fully saturated rings. The Morgan fingerprint density at radius 3 is 2.84 bits per heavy atom. The molecule has 0 aliphatic carbocycles. The highest BCUT2D eigenvalue weighted by molar-refractivity contribution is 7.14. The molecule has 1 aromatic heterocycles. The number of hydrogen-bond acceptors (Lipinski definition) is 5. The quantitative estimate of drug-likeness (QED) is 0.808. The number of benzene rings is 1. The summed E-state index contributed by atoms with van der Waals surface area (Å²) in [7, 11) is 0. The van der Waals surface area contributed by atoms with Gasteiger partial charge in [-0.1, -0.05) is 11.6 Å². The zero-order valence-corrected chi connectivity index (χ0v) is 15.0. The van der Waals surface area contributed by atoms with Crippen molar-refractivity contribution in [1.82, 2.24) is 10.3 Å². The summed E-state index contributed by atoms with van der Waals surface area (Å²) in [4.78, 5) is 28.4. The number of nitrogens with one attached hydrogen (secondary N) is 2. The number of rotatable bonds is 6. The van der Waals surface area contributed by atoms with E-state index < -0.39 is 0 Å². The first-order valence-electron chi connectivity index (χ1n) is 8.00. The molecule has 3 rings (SSSR count). The number of carbonyl (C=O) groups is 2. The third-order valence-electron chi connectivity index (χ3n) is 3.77. The Balaban J connectivity index is 1.48. The van der Waals surface area contributed by atoms with Gasteiger partial charge < -0.3 is 10.1 Å². The molecule has 2 amide bonds. The van der Waals surface area contributed by atoms with Gasteiger partial charge in [-0.25, -0.2) is 4.98 Å². The topological polar surface area (TPSA) is 80.3 Å². The number of anilines is 1. The molecule has 2 aromatic rings. The van der Waals surface area contributed by atoms with Gasteiger partial charge >= 0.3 is 0 Å². The predicted octanol–water partition coefficient (Wildman–Crippen LogP) is 2.89. The van der Waals surface area contributed by atoms with Crippen LogP contribution in [-0.2, 0) is 16.0 Å². The van der Waals surface area contributed by atoms with E-state index in [1.54, 1.807) is 29.6 Å². The van der Waals surface area contributed by atoms with Crippen LogP contribution in [0.5, 0.6) is 0 Å². The van der Waals surface area contributed by atoms with Crippen molar-refractivity contribution in [1.29, 1.82) is 0 Å². The summed E-state index contributed by atoms with van der Waals surface area (Å²) in [6, 6.07) is 6.60. The number of hydrogen-bond donors (Lipinski definition) is 2. The van der Waals surface area contributed by atoms with Crippen LogP contribution in [0.4, 0.5) is 5.13 Å². The van der Waals surface area contributed by atoms with E-state index in [1.165, 1.54) is 11.3 Å². The summed E-state index contributed by atoms with van der Waals surface area (Å²) in [5, 5.41) is 8.38. The fraction of sp³-hybridized carbons (Fsp3) is 0.353. The monoisotopic (exact) mass is 379 g/mol. The van der Waals surface area contributed by atoms with Gasteiger partial charge in [0.05, 0.1) is 18.2 Å². The Hall–Kier alpha value is -1.96. The second-order valence-corrected chi connectivity index (χ2v) is 7.02. The number of amides is 2. The Bertz CT molecular complexity index is 742. The second kappa shape index (κ2) is 8.42. The smallest absolute Gasteiger partial charge is 0.257 e. The van der Waals surface area contributed by atoms with Crippen molar-refractivity contribution in [2.45, 2.75) is 25.4 Å². The van der Waals surface area contributed by atoms with Gasteiger partial charge in [0, 0.05) is 29.1 Å². The summed E-state index contributed by atoms with van der Waals surface area (Å²) in [5.41, 5.74) is 1.12. The lowest BCUT2D eigenvalue weighted by molar-refractivity contribution is -0.121. The number of nitrogens with zero attached hydrogens (tertiary/aromatic N) is 1. The number of thiazole rings is 1. The first kappa shape index (κ1) is 17.8. The summed E-state index contributed by atoms with van der Waals surface area (Å²) in [6.07, 6.45) is 2.33. The van der Waals surface area contributed by atoms with Gasteiger partial charge in [0.1, 0.15) is 0 Å². The van der Waals surface area contributed by atoms with Gasteiger partial charge in [0.25, 0.3) is 5.91 Å². The number of halogens is 1. The normalized spacial score (nSPS) is 16.6. The van der Waals surface area contributed by atoms with Crippen molar-refractivity contribution in [3.8, 4) is 0 Å². The van der Waals surface area contributed by atoms with Crippen molar-refractivity contribution in [3.05, 3.63) is 45.9 Å². The van der Waals surface area contributed by atoms with Crippen LogP contribution in [0.1, 0.15) is 28.9 Å². The van der Waals surface area contributed by atoms with Crippen LogP contribution < -0.4 is 10.6 Å². The van der Waals surface area contributed by atoms with Crippen molar-refractivity contribution in [2.75, 3.05) is 18.5 Å². The van der Waals surface area contributed by atoms with Crippen molar-refractivity contribution in [2.24, 2.45) is 0 Å². The minimum absolute atomic E-state index is 0.101. The molecule has 0 radical (unpaired) electrons. The molecule has 1 aliphatic rings. The summed E-state index contributed by atoms with van der Waals surface area (Å²) in [6.45, 7) is 1.30. The Kier molecular flexibility index (Phi) is 6.01. The molecule has 2 heterocycles. The Morgan fingerprint density at radius 2 is 2.12 bits per heavy atom. The van der Waals surface area contributed by atoms with Gasteiger partial charge in [0.15, 0.2) is 5.13 Å². The molecule has 0 spiro atoms. The fourth-order valence-electron chi connectivity index (χ4n) is 2.48. The molecular weight excluding hydrogens is 362 g/mol. The lowest BCUT2D eigenvalue weighted by Gasteiger charge is -2.09. The Morgan fingerprint density at radius 1 is 1.32 bits per heavy atom. The Labute approximate surface area is 154 Å². The van der Waals surface area contributed by atoms with E-state index in [9.17, 15) is 9.59 Å². The summed E-state index contributed by atoms with van der Waals surface area (Å²) in [5.74, 6) is -0.364. The van der Waals surface area contributed by atoms with Crippen LogP contribution in [0.2, 0.25) is 5.02 Å². The second-order valence-electron chi connectivity index (χ2n) is 5.72. The maximum Gasteiger partial charge on any atom is 0.257 e. The zero-order chi connectivity index (χ0) is 17.6. The molecule has 132 valence electrons. The third kappa shape index (κ3) is 5.26. The first-order valence-corrected chi connectivity index (χ1v) is 9.25. The van der Waals surface area contributed by atoms with Crippen LogP contribution in [0.15, 0.2) is 29.6 Å². The molecule has 1 aromatic carbocycles. The molecule has 1 aliphatic heterocycles. The molecule has 0 saturated carbocycles. The van der Waals surface area contributed by atoms with Crippen LogP contribution in [0, 0.1) is 0 Å². The van der Waals surface area contributed by atoms with E-state index in [-0.39, 0.29) is 24.3 Å². The minimum Gasteiger partial charge on any atom is -0.376 e. The van der Waals surface area contributed by atoms with E-state index in [2.05, 4.69) is 15.6 Å². The van der Waals surface area contributed by atoms with E-state index in [0.29, 0.717) is 28.0 Å². The average Bonchev–Trinajstić information content (AvgIpc) is 3.25. The standard InChI is InChI=1S/C17H18ClN3O3S/c18-12-5-3-11(4-6-12)16(23)21-17-20-13(10-25-17)8-15(22)19-9-14-2-1-7-24-14/h3-6,10,14H,1-2,7-9H2,(H,19,22)(H,20,21,23)/t14-/m0/s1. The summed E-state index contributed by atoms with van der Waals surface area (Å²) < 4.78 is 5.47. The van der Waals surface area contributed by atoms with Crippen LogP contribution in [0.25, 0.3) is 0 Å². The number of aromatic nitrogens is 1. The fourth-order valence-corrected chi connectivity index (χ4v) is 3.31. The highest BCUT2D eigenvalue weighted by atomic mass is 35.5. The average molecular weight is 380 g/mol. The number of carbonyl (C=O) groups excluding carboxylic acids is 2. The van der Waals surface area contributed by atoms with Gasteiger partial charge in [-0.2, -0.15) is 0 Å². The van der Waals surface area contributed by atoms with Gasteiger partial charge in [-0.15, -0.1) is 11.3 Å². The molecule has 1 saturated heterocycles. The summed E-state index contributed by atoms with van der Waals surface area (Å²) >= 11 is 7.10. The lowest BCUT2D eigenvalue weighted by Crippen LogP contribution is -2.32. The van der Waals surface area contributed by atoms with E-state index in [4.69, 9.17) is 16.3 Å². The van der Waals surface area contributed by atoms with Crippen LogP contribution in [-0.4, -0.2) is 36.1 Å². The lowest BCUT2D eigenvalue weighted by atomic mass is 10.2. The maximum atomic E-state index is 12.1. The predicted molar refractivity (Wildman–Crippen MR) is 97.2 cm³/mol. The van der Waals surface area contributed by atoms with Crippen molar-refractivity contribution < 1.29 is 14.3 Å². The molecule has 6 nitrogen and oxygen atoms in total. The van der Waals surface area contributed by atoms with Crippen LogP contribution in [0.3, 0.4) is 0 Å². The van der Waals surface area contributed by atoms with E-state index >= 15 is 0 Å². The van der Waals surface area contributed by atoms with E-state index in [1.807, 2.05) is 0 Å². The van der Waals surface area contributed by atoms with E-state index in [0.717, 1.165) is 19.4 Å². The molecule has 25 heavy (non-hydrogen) atoms. The highest BCUT2D eigenvalue weighted by Gasteiger charge is 2.17. The van der Waals surface area contributed by atoms with Crippen LogP contribution >= 0.6 is 22.9 Å². The SMILES string of the molecule is O=C(Cc1csc(NC(=O)c2ccc(Cl)cc2)n1)NC[C@@H]1CCCO1. The molecule has 8 heteroatoms. The van der Waals surface area contributed by atoms with Crippen molar-refractivity contribution >= 4 is 39.9 Å². The number of ether oxygens (including phenoxy) is 1. The molecule has 0 bridgehead atoms. The molecule has 2 N–H and O–H groups in total. The van der Waals surface area contributed by atoms with Gasteiger partial charge in [-0.3, -0.25) is 14.9 Å². The van der Waals surface area contributed by atoms with Crippen molar-refractivity contribution in [3.63, 3.8) is 0 Å². The van der Waals surface area contributed by atoms with Gasteiger partial charge in [-0.05, 0) is 37.1 Å². The minimum atomic E-state index is -0.264. The molecule has 0 unspecified atom stereocenters. The molecule has 1 atom stereocenters. The van der Waals surface area contributed by atoms with Gasteiger partial charge in [0.2, 0.25) is 5.91 Å².